The van der Waals surface area contributed by atoms with E-state index in [2.05, 4.69) is 44.6 Å². The van der Waals surface area contributed by atoms with Gasteiger partial charge in [0.25, 0.3) is 0 Å². The maximum Gasteiger partial charge on any atom is 0.204 e. The maximum atomic E-state index is 5.73. The first-order valence-electron chi connectivity index (χ1n) is 7.11. The van der Waals surface area contributed by atoms with Crippen molar-refractivity contribution in [2.75, 3.05) is 26.2 Å². The normalized spacial score (nSPS) is 20.1. The van der Waals surface area contributed by atoms with Gasteiger partial charge in [-0.3, -0.25) is 4.90 Å². The van der Waals surface area contributed by atoms with Crippen LogP contribution in [0.3, 0.4) is 0 Å². The van der Waals surface area contributed by atoms with Crippen LogP contribution in [0.5, 0.6) is 0 Å². The molecule has 2 aromatic rings. The van der Waals surface area contributed by atoms with E-state index in [0.717, 1.165) is 19.6 Å². The fraction of sp³-hybridized carbons (Fsp3) is 0.400. The molecule has 0 aliphatic carbocycles. The third kappa shape index (κ3) is 3.74. The summed E-state index contributed by atoms with van der Waals surface area (Å²) in [5.41, 5.74) is 1.22. The Bertz CT molecular complexity index is 595. The molecule has 2 heterocycles. The average molecular weight is 285 g/mol. The monoisotopic (exact) mass is 285 g/mol. The third-order valence-corrected chi connectivity index (χ3v) is 3.44. The molecule has 1 aromatic carbocycles. The van der Waals surface area contributed by atoms with Gasteiger partial charge in [-0.1, -0.05) is 42.5 Å². The minimum Gasteiger partial charge on any atom is -0.367 e. The lowest BCUT2D eigenvalue weighted by molar-refractivity contribution is -0.0305. The van der Waals surface area contributed by atoms with Crippen molar-refractivity contribution in [3.63, 3.8) is 0 Å². The second-order valence-corrected chi connectivity index (χ2v) is 5.07. The van der Waals surface area contributed by atoms with Gasteiger partial charge in [-0.25, -0.2) is 0 Å². The minimum atomic E-state index is -0.0856. The van der Waals surface area contributed by atoms with Crippen molar-refractivity contribution in [1.29, 1.82) is 0 Å². The molecule has 1 unspecified atom stereocenters. The highest BCUT2D eigenvalue weighted by molar-refractivity contribution is 5.48. The van der Waals surface area contributed by atoms with Crippen LogP contribution in [0.15, 0.2) is 36.4 Å². The predicted molar refractivity (Wildman–Crippen MR) is 79.4 cm³/mol. The number of ether oxygens (including phenoxy) is 1. The van der Waals surface area contributed by atoms with Crippen LogP contribution in [0, 0.1) is 0 Å². The summed E-state index contributed by atoms with van der Waals surface area (Å²) < 4.78 is 5.73. The van der Waals surface area contributed by atoms with Gasteiger partial charge in [0.05, 0.1) is 13.7 Å². The molecule has 6 nitrogen and oxygen atoms in total. The predicted octanol–water partition coefficient (Wildman–Crippen LogP) is 1.30. The fourth-order valence-corrected chi connectivity index (χ4v) is 2.35. The van der Waals surface area contributed by atoms with Crippen molar-refractivity contribution in [1.82, 2.24) is 25.1 Å². The largest absolute Gasteiger partial charge is 0.367 e. The summed E-state index contributed by atoms with van der Waals surface area (Å²) in [5, 5.41) is 12.1. The first-order chi connectivity index (χ1) is 10.3. The van der Waals surface area contributed by atoms with Gasteiger partial charge in [0, 0.05) is 19.6 Å². The lowest BCUT2D eigenvalue weighted by Gasteiger charge is -2.30. The number of hydrogen-bond donors (Lipinski definition) is 0. The van der Waals surface area contributed by atoms with Gasteiger partial charge in [-0.05, 0) is 10.8 Å². The Labute approximate surface area is 124 Å². The molecule has 0 amide bonds. The van der Waals surface area contributed by atoms with Gasteiger partial charge in [0.2, 0.25) is 5.82 Å². The Kier molecular flexibility index (Phi) is 4.37. The van der Waals surface area contributed by atoms with Crippen molar-refractivity contribution >= 4 is 6.08 Å². The highest BCUT2D eigenvalue weighted by Crippen LogP contribution is 2.18. The summed E-state index contributed by atoms with van der Waals surface area (Å²) in [6, 6.07) is 10.3. The maximum absolute atomic E-state index is 5.73. The molecule has 1 atom stereocenters. The lowest BCUT2D eigenvalue weighted by Crippen LogP contribution is -2.38. The molecule has 1 aliphatic heterocycles. The van der Waals surface area contributed by atoms with Crippen LogP contribution in [-0.2, 0) is 11.8 Å². The Morgan fingerprint density at radius 3 is 2.95 bits per heavy atom. The van der Waals surface area contributed by atoms with E-state index >= 15 is 0 Å². The standard InChI is InChI=1S/C15H19N5O/c1-19-17-15(16-18-19)14-12-20(10-11-21-14)9-5-8-13-6-3-2-4-7-13/h2-8,14H,9-12H2,1H3. The molecule has 1 aromatic heterocycles. The minimum absolute atomic E-state index is 0.0856. The molecule has 110 valence electrons. The van der Waals surface area contributed by atoms with Crippen molar-refractivity contribution in [2.24, 2.45) is 7.05 Å². The first kappa shape index (κ1) is 13.9. The molecule has 0 bridgehead atoms. The van der Waals surface area contributed by atoms with Crippen LogP contribution in [0.2, 0.25) is 0 Å². The molecule has 1 aliphatic rings. The molecule has 1 saturated heterocycles. The van der Waals surface area contributed by atoms with Crippen LogP contribution in [-0.4, -0.2) is 51.3 Å². The first-order valence-corrected chi connectivity index (χ1v) is 7.11. The molecule has 0 saturated carbocycles. The molecule has 0 spiro atoms. The zero-order valence-corrected chi connectivity index (χ0v) is 12.1. The summed E-state index contributed by atoms with van der Waals surface area (Å²) in [5.74, 6) is 0.661. The number of rotatable bonds is 4. The molecule has 21 heavy (non-hydrogen) atoms. The van der Waals surface area contributed by atoms with Gasteiger partial charge in [-0.2, -0.15) is 4.80 Å². The number of hydrogen-bond acceptors (Lipinski definition) is 5. The average Bonchev–Trinajstić information content (AvgIpc) is 2.95. The van der Waals surface area contributed by atoms with Crippen LogP contribution in [0.4, 0.5) is 0 Å². The molecule has 0 radical (unpaired) electrons. The number of aromatic nitrogens is 4. The Morgan fingerprint density at radius 1 is 1.33 bits per heavy atom. The smallest absolute Gasteiger partial charge is 0.204 e. The van der Waals surface area contributed by atoms with E-state index in [4.69, 9.17) is 4.74 Å². The summed E-state index contributed by atoms with van der Waals surface area (Å²) in [6.07, 6.45) is 4.24. The van der Waals surface area contributed by atoms with Crippen LogP contribution < -0.4 is 0 Å². The van der Waals surface area contributed by atoms with Gasteiger partial charge in [0.1, 0.15) is 6.10 Å². The quantitative estimate of drug-likeness (QED) is 0.847. The van der Waals surface area contributed by atoms with Crippen LogP contribution in [0.1, 0.15) is 17.5 Å². The van der Waals surface area contributed by atoms with Gasteiger partial charge < -0.3 is 4.74 Å². The number of morpholine rings is 1. The zero-order chi connectivity index (χ0) is 14.5. The van der Waals surface area contributed by atoms with E-state index < -0.39 is 0 Å². The van der Waals surface area contributed by atoms with Crippen molar-refractivity contribution < 1.29 is 4.74 Å². The van der Waals surface area contributed by atoms with E-state index in [0.29, 0.717) is 12.4 Å². The van der Waals surface area contributed by atoms with Gasteiger partial charge in [-0.15, -0.1) is 10.2 Å². The molecular weight excluding hydrogens is 266 g/mol. The summed E-state index contributed by atoms with van der Waals surface area (Å²) >= 11 is 0. The molecule has 3 rings (SSSR count). The van der Waals surface area contributed by atoms with Crippen molar-refractivity contribution in [3.05, 3.63) is 47.8 Å². The third-order valence-electron chi connectivity index (χ3n) is 3.44. The van der Waals surface area contributed by atoms with E-state index in [1.54, 1.807) is 7.05 Å². The molecule has 0 N–H and O–H groups in total. The highest BCUT2D eigenvalue weighted by Gasteiger charge is 2.24. The van der Waals surface area contributed by atoms with E-state index in [1.807, 2.05) is 18.2 Å². The molecule has 6 heteroatoms. The Morgan fingerprint density at radius 2 is 2.19 bits per heavy atom. The summed E-state index contributed by atoms with van der Waals surface area (Å²) in [7, 11) is 1.76. The lowest BCUT2D eigenvalue weighted by atomic mass is 10.2. The summed E-state index contributed by atoms with van der Waals surface area (Å²) in [6.45, 7) is 3.32. The Hall–Kier alpha value is -2.05. The van der Waals surface area contributed by atoms with Crippen LogP contribution in [0.25, 0.3) is 6.08 Å². The van der Waals surface area contributed by atoms with Crippen LogP contribution >= 0.6 is 0 Å². The number of benzene rings is 1. The van der Waals surface area contributed by atoms with Gasteiger partial charge >= 0.3 is 0 Å². The van der Waals surface area contributed by atoms with Gasteiger partial charge in [0.15, 0.2) is 0 Å². The topological polar surface area (TPSA) is 56.1 Å². The highest BCUT2D eigenvalue weighted by atomic mass is 16.5. The van der Waals surface area contributed by atoms with E-state index in [-0.39, 0.29) is 6.10 Å². The fourth-order valence-electron chi connectivity index (χ4n) is 2.35. The SMILES string of the molecule is Cn1nnc(C2CN(CC=Cc3ccccc3)CCO2)n1. The van der Waals surface area contributed by atoms with E-state index in [1.165, 1.54) is 10.4 Å². The second kappa shape index (κ2) is 6.60. The second-order valence-electron chi connectivity index (χ2n) is 5.07. The van der Waals surface area contributed by atoms with Crippen molar-refractivity contribution in [3.8, 4) is 0 Å². The van der Waals surface area contributed by atoms with Crippen molar-refractivity contribution in [2.45, 2.75) is 6.10 Å². The van der Waals surface area contributed by atoms with E-state index in [9.17, 15) is 0 Å². The number of tetrazole rings is 1. The Balaban J connectivity index is 1.55. The molecule has 1 fully saturated rings. The number of aryl methyl sites for hydroxylation is 1. The zero-order valence-electron chi connectivity index (χ0n) is 12.1. The molecular formula is C15H19N5O. The number of nitrogens with zero attached hydrogens (tertiary/aromatic N) is 5. The summed E-state index contributed by atoms with van der Waals surface area (Å²) in [4.78, 5) is 3.80.